The number of oxazole rings is 1. The van der Waals surface area contributed by atoms with Crippen molar-refractivity contribution >= 4 is 6.29 Å². The van der Waals surface area contributed by atoms with Crippen LogP contribution in [0.15, 0.2) is 28.7 Å². The van der Waals surface area contributed by atoms with E-state index in [0.717, 1.165) is 11.3 Å². The van der Waals surface area contributed by atoms with Gasteiger partial charge in [0.05, 0.1) is 7.11 Å². The summed E-state index contributed by atoms with van der Waals surface area (Å²) in [6.07, 6.45) is 0.666. The number of nitrogens with zero attached hydrogens (tertiary/aromatic N) is 1. The summed E-state index contributed by atoms with van der Waals surface area (Å²) in [6.45, 7) is 1.71. The van der Waals surface area contributed by atoms with E-state index < -0.39 is 0 Å². The Morgan fingerprint density at radius 3 is 2.56 bits per heavy atom. The SMILES string of the molecule is COc1ccc(-c2nc(C)oc2C=O)cc1. The molecular formula is C12H11NO3. The maximum Gasteiger partial charge on any atom is 0.195 e. The molecule has 0 atom stereocenters. The van der Waals surface area contributed by atoms with Gasteiger partial charge >= 0.3 is 0 Å². The number of aromatic nitrogens is 1. The number of carbonyl (C=O) groups is 1. The Labute approximate surface area is 92.9 Å². The van der Waals surface area contributed by atoms with Crippen LogP contribution in [0.1, 0.15) is 16.4 Å². The van der Waals surface area contributed by atoms with Crippen LogP contribution in [0, 0.1) is 6.92 Å². The van der Waals surface area contributed by atoms with Crippen LogP contribution in [0.3, 0.4) is 0 Å². The highest BCUT2D eigenvalue weighted by Crippen LogP contribution is 2.24. The predicted octanol–water partition coefficient (Wildman–Crippen LogP) is 2.47. The standard InChI is InChI=1S/C12H11NO3/c1-8-13-12(11(7-14)16-8)9-3-5-10(15-2)6-4-9/h3-7H,1-2H3. The Morgan fingerprint density at radius 1 is 1.31 bits per heavy atom. The van der Waals surface area contributed by atoms with Crippen molar-refractivity contribution in [2.45, 2.75) is 6.92 Å². The van der Waals surface area contributed by atoms with Gasteiger partial charge in [-0.05, 0) is 24.3 Å². The first kappa shape index (κ1) is 10.4. The molecule has 1 aromatic carbocycles. The Morgan fingerprint density at radius 2 is 2.00 bits per heavy atom. The third-order valence-electron chi connectivity index (χ3n) is 2.23. The van der Waals surface area contributed by atoms with Crippen molar-refractivity contribution in [3.05, 3.63) is 35.9 Å². The van der Waals surface area contributed by atoms with Gasteiger partial charge in [-0.1, -0.05) is 0 Å². The Hall–Kier alpha value is -2.10. The van der Waals surface area contributed by atoms with E-state index in [1.165, 1.54) is 0 Å². The van der Waals surface area contributed by atoms with Crippen LogP contribution in [0.5, 0.6) is 5.75 Å². The Balaban J connectivity index is 2.45. The predicted molar refractivity (Wildman–Crippen MR) is 58.6 cm³/mol. The van der Waals surface area contributed by atoms with Gasteiger partial charge in [0.1, 0.15) is 11.4 Å². The first-order chi connectivity index (χ1) is 7.74. The second-order valence-electron chi connectivity index (χ2n) is 3.29. The van der Waals surface area contributed by atoms with Crippen LogP contribution >= 0.6 is 0 Å². The van der Waals surface area contributed by atoms with Gasteiger partial charge in [-0.15, -0.1) is 0 Å². The Bertz CT molecular complexity index is 499. The summed E-state index contributed by atoms with van der Waals surface area (Å²) in [7, 11) is 1.60. The minimum Gasteiger partial charge on any atom is -0.497 e. The lowest BCUT2D eigenvalue weighted by Crippen LogP contribution is -1.86. The van der Waals surface area contributed by atoms with Gasteiger partial charge in [0, 0.05) is 12.5 Å². The lowest BCUT2D eigenvalue weighted by molar-refractivity contribution is 0.110. The summed E-state index contributed by atoms with van der Waals surface area (Å²) >= 11 is 0. The quantitative estimate of drug-likeness (QED) is 0.741. The number of hydrogen-bond acceptors (Lipinski definition) is 4. The molecule has 0 fully saturated rings. The first-order valence-corrected chi connectivity index (χ1v) is 4.81. The topological polar surface area (TPSA) is 52.3 Å². The van der Waals surface area contributed by atoms with E-state index in [2.05, 4.69) is 4.98 Å². The average molecular weight is 217 g/mol. The van der Waals surface area contributed by atoms with E-state index in [4.69, 9.17) is 9.15 Å². The minimum absolute atomic E-state index is 0.252. The van der Waals surface area contributed by atoms with Crippen molar-refractivity contribution in [2.75, 3.05) is 7.11 Å². The summed E-state index contributed by atoms with van der Waals surface area (Å²) in [5.41, 5.74) is 1.40. The summed E-state index contributed by atoms with van der Waals surface area (Å²) < 4.78 is 10.2. The highest BCUT2D eigenvalue weighted by molar-refractivity contribution is 5.82. The van der Waals surface area contributed by atoms with Crippen molar-refractivity contribution in [1.29, 1.82) is 0 Å². The molecule has 0 aliphatic heterocycles. The van der Waals surface area contributed by atoms with Gasteiger partial charge in [-0.25, -0.2) is 4.98 Å². The Kier molecular flexibility index (Phi) is 2.72. The zero-order valence-electron chi connectivity index (χ0n) is 9.06. The molecule has 4 nitrogen and oxygen atoms in total. The maximum atomic E-state index is 10.8. The van der Waals surface area contributed by atoms with Gasteiger partial charge in [0.25, 0.3) is 0 Å². The van der Waals surface area contributed by atoms with Crippen molar-refractivity contribution in [1.82, 2.24) is 4.98 Å². The number of ether oxygens (including phenoxy) is 1. The van der Waals surface area contributed by atoms with Crippen molar-refractivity contribution in [3.8, 4) is 17.0 Å². The summed E-state index contributed by atoms with van der Waals surface area (Å²) in [4.78, 5) is 14.9. The van der Waals surface area contributed by atoms with Crippen molar-refractivity contribution < 1.29 is 13.9 Å². The third-order valence-corrected chi connectivity index (χ3v) is 2.23. The van der Waals surface area contributed by atoms with Crippen molar-refractivity contribution in [2.24, 2.45) is 0 Å². The number of methoxy groups -OCH3 is 1. The van der Waals surface area contributed by atoms with Crippen LogP contribution < -0.4 is 4.74 Å². The normalized spacial score (nSPS) is 10.1. The minimum atomic E-state index is 0.252. The van der Waals surface area contributed by atoms with E-state index in [9.17, 15) is 4.79 Å². The van der Waals surface area contributed by atoms with Crippen LogP contribution in [0.4, 0.5) is 0 Å². The molecule has 4 heteroatoms. The molecule has 0 saturated carbocycles. The molecular weight excluding hydrogens is 206 g/mol. The van der Waals surface area contributed by atoms with Crippen LogP contribution in [-0.2, 0) is 0 Å². The average Bonchev–Trinajstić information content (AvgIpc) is 2.70. The zero-order chi connectivity index (χ0) is 11.5. The van der Waals surface area contributed by atoms with E-state index >= 15 is 0 Å². The molecule has 1 heterocycles. The maximum absolute atomic E-state index is 10.8. The van der Waals surface area contributed by atoms with Gasteiger partial charge in [-0.2, -0.15) is 0 Å². The number of benzene rings is 1. The molecule has 82 valence electrons. The molecule has 1 aromatic heterocycles. The number of hydrogen-bond donors (Lipinski definition) is 0. The van der Waals surface area contributed by atoms with E-state index in [1.54, 1.807) is 14.0 Å². The molecule has 0 radical (unpaired) electrons. The molecule has 0 aliphatic rings. The fourth-order valence-corrected chi connectivity index (χ4v) is 1.48. The number of aryl methyl sites for hydroxylation is 1. The van der Waals surface area contributed by atoms with Crippen molar-refractivity contribution in [3.63, 3.8) is 0 Å². The molecule has 16 heavy (non-hydrogen) atoms. The van der Waals surface area contributed by atoms with E-state index in [1.807, 2.05) is 24.3 Å². The van der Waals surface area contributed by atoms with Crippen LogP contribution in [-0.4, -0.2) is 18.4 Å². The smallest absolute Gasteiger partial charge is 0.195 e. The van der Waals surface area contributed by atoms with E-state index in [0.29, 0.717) is 17.9 Å². The van der Waals surface area contributed by atoms with Gasteiger partial charge in [0.2, 0.25) is 0 Å². The molecule has 0 aliphatic carbocycles. The summed E-state index contributed by atoms with van der Waals surface area (Å²) in [5.74, 6) is 1.49. The largest absolute Gasteiger partial charge is 0.497 e. The summed E-state index contributed by atoms with van der Waals surface area (Å²) in [6, 6.07) is 7.30. The number of rotatable bonds is 3. The lowest BCUT2D eigenvalue weighted by Gasteiger charge is -2.00. The van der Waals surface area contributed by atoms with Crippen LogP contribution in [0.25, 0.3) is 11.3 Å². The zero-order valence-corrected chi connectivity index (χ0v) is 9.06. The second-order valence-corrected chi connectivity index (χ2v) is 3.29. The molecule has 0 spiro atoms. The fourth-order valence-electron chi connectivity index (χ4n) is 1.48. The third kappa shape index (κ3) is 1.82. The van der Waals surface area contributed by atoms with Crippen LogP contribution in [0.2, 0.25) is 0 Å². The molecule has 0 unspecified atom stereocenters. The monoisotopic (exact) mass is 217 g/mol. The molecule has 0 N–H and O–H groups in total. The molecule has 0 amide bonds. The van der Waals surface area contributed by atoms with Gasteiger partial charge < -0.3 is 9.15 Å². The lowest BCUT2D eigenvalue weighted by atomic mass is 10.1. The highest BCUT2D eigenvalue weighted by atomic mass is 16.5. The molecule has 2 rings (SSSR count). The van der Waals surface area contributed by atoms with Gasteiger partial charge in [0.15, 0.2) is 17.9 Å². The molecule has 0 saturated heterocycles. The highest BCUT2D eigenvalue weighted by Gasteiger charge is 2.11. The van der Waals surface area contributed by atoms with E-state index in [-0.39, 0.29) is 5.76 Å². The number of aldehydes is 1. The first-order valence-electron chi connectivity index (χ1n) is 4.81. The summed E-state index contributed by atoms with van der Waals surface area (Å²) in [5, 5.41) is 0. The second kappa shape index (κ2) is 4.18. The fraction of sp³-hybridized carbons (Fsp3) is 0.167. The van der Waals surface area contributed by atoms with Gasteiger partial charge in [-0.3, -0.25) is 4.79 Å². The molecule has 0 bridgehead atoms. The number of carbonyl (C=O) groups excluding carboxylic acids is 1. The molecule has 2 aromatic rings.